The molecular weight excluding hydrogens is 736 g/mol. The normalized spacial score (nSPS) is 12.9. The van der Waals surface area contributed by atoms with E-state index in [0.29, 0.717) is 50.8 Å². The van der Waals surface area contributed by atoms with Gasteiger partial charge in [-0.15, -0.1) is 0 Å². The molecular formula is C38H61ClN6O10. The minimum absolute atomic E-state index is 0.0484. The third kappa shape index (κ3) is 21.0. The van der Waals surface area contributed by atoms with E-state index in [1.165, 1.54) is 51.9 Å². The fourth-order valence-corrected chi connectivity index (χ4v) is 4.46. The van der Waals surface area contributed by atoms with Gasteiger partial charge in [-0.2, -0.15) is 0 Å². The van der Waals surface area contributed by atoms with Crippen LogP contribution in [0.3, 0.4) is 0 Å². The molecule has 0 aromatic carbocycles. The quantitative estimate of drug-likeness (QED) is 0.270. The van der Waals surface area contributed by atoms with Gasteiger partial charge in [0.15, 0.2) is 17.3 Å². The van der Waals surface area contributed by atoms with Crippen LogP contribution in [0.5, 0.6) is 0 Å². The third-order valence-electron chi connectivity index (χ3n) is 7.03. The van der Waals surface area contributed by atoms with Crippen molar-refractivity contribution in [2.45, 2.75) is 47.5 Å². The SMILES string of the molecule is CCC.CCC.CCN(CCNC)C(=O)c1ccco1.COC(=O)N1CCN(C(=O)c2ccco2)CC1.COC(=O)N1CCNCC1.O=C(Cl)c1ccco1. The van der Waals surface area contributed by atoms with Gasteiger partial charge in [-0.05, 0) is 62.0 Å². The van der Waals surface area contributed by atoms with Gasteiger partial charge in [-0.1, -0.05) is 40.5 Å². The molecule has 2 aliphatic rings. The Bertz CT molecular complexity index is 1410. The number of hydrogen-bond donors (Lipinski definition) is 2. The minimum atomic E-state index is -0.560. The van der Waals surface area contributed by atoms with Crippen LogP contribution in [-0.2, 0) is 9.47 Å². The largest absolute Gasteiger partial charge is 0.460 e. The molecule has 0 unspecified atom stereocenters. The number of hydrogen-bond acceptors (Lipinski definition) is 12. The summed E-state index contributed by atoms with van der Waals surface area (Å²) in [5, 5.41) is 5.59. The lowest BCUT2D eigenvalue weighted by atomic mass is 10.3. The summed E-state index contributed by atoms with van der Waals surface area (Å²) in [5.74, 6) is 0.735. The van der Waals surface area contributed by atoms with E-state index in [-0.39, 0.29) is 29.8 Å². The summed E-state index contributed by atoms with van der Waals surface area (Å²) >= 11 is 5.01. The van der Waals surface area contributed by atoms with E-state index in [4.69, 9.17) is 20.4 Å². The van der Waals surface area contributed by atoms with Crippen LogP contribution in [0.2, 0.25) is 0 Å². The first kappa shape index (κ1) is 50.2. The smallest absolute Gasteiger partial charge is 0.409 e. The van der Waals surface area contributed by atoms with Gasteiger partial charge in [0.25, 0.3) is 17.1 Å². The van der Waals surface area contributed by atoms with Crippen molar-refractivity contribution < 1.29 is 46.7 Å². The molecule has 0 bridgehead atoms. The van der Waals surface area contributed by atoms with Gasteiger partial charge in [-0.25, -0.2) is 9.59 Å². The number of carbonyl (C=O) groups excluding carboxylic acids is 5. The van der Waals surface area contributed by atoms with Gasteiger partial charge in [-0.3, -0.25) is 14.4 Å². The van der Waals surface area contributed by atoms with Gasteiger partial charge in [0.2, 0.25) is 0 Å². The summed E-state index contributed by atoms with van der Waals surface area (Å²) in [4.78, 5) is 62.6. The lowest BCUT2D eigenvalue weighted by Gasteiger charge is -2.33. The molecule has 4 amide bonds. The van der Waals surface area contributed by atoms with Crippen molar-refractivity contribution in [1.82, 2.24) is 30.2 Å². The molecule has 3 aromatic heterocycles. The number of furan rings is 3. The standard InChI is InChI=1S/C11H14N2O4.C10H16N2O2.C6H12N2O2.C5H3ClO2.2C3H8/c1-16-11(15)13-6-4-12(5-7-13)10(14)9-3-2-8-17-9;1-3-12(7-6-11-2)10(13)9-5-4-8-14-9;1-10-6(9)8-4-2-7-3-5-8;6-5(7)4-2-1-3-8-4;2*1-3-2/h2-3,8H,4-7H2,1H3;4-5,8,11H,3,6-7H2,1-2H3;7H,2-5H2,1H3;1-3H;2*3H2,1-2H3. The van der Waals surface area contributed by atoms with E-state index in [0.717, 1.165) is 32.7 Å². The first-order valence-corrected chi connectivity index (χ1v) is 18.8. The highest BCUT2D eigenvalue weighted by Gasteiger charge is 2.26. The maximum atomic E-state index is 11.9. The van der Waals surface area contributed by atoms with Crippen LogP contribution in [0.25, 0.3) is 0 Å². The van der Waals surface area contributed by atoms with E-state index in [1.54, 1.807) is 49.9 Å². The molecule has 2 N–H and O–H groups in total. The molecule has 5 rings (SSSR count). The van der Waals surface area contributed by atoms with Crippen LogP contribution >= 0.6 is 11.6 Å². The third-order valence-corrected chi connectivity index (χ3v) is 7.22. The molecule has 55 heavy (non-hydrogen) atoms. The maximum absolute atomic E-state index is 11.9. The molecule has 2 fully saturated rings. The number of amides is 4. The molecule has 0 radical (unpaired) electrons. The van der Waals surface area contributed by atoms with Crippen LogP contribution in [0, 0.1) is 0 Å². The lowest BCUT2D eigenvalue weighted by molar-refractivity contribution is 0.0573. The zero-order valence-corrected chi connectivity index (χ0v) is 34.4. The molecule has 3 aromatic rings. The highest BCUT2D eigenvalue weighted by Crippen LogP contribution is 2.10. The second kappa shape index (κ2) is 31.5. The van der Waals surface area contributed by atoms with Crippen molar-refractivity contribution in [2.75, 3.05) is 93.3 Å². The molecule has 5 heterocycles. The second-order valence-electron chi connectivity index (χ2n) is 11.6. The predicted octanol–water partition coefficient (Wildman–Crippen LogP) is 5.91. The summed E-state index contributed by atoms with van der Waals surface area (Å²) < 4.78 is 23.9. The van der Waals surface area contributed by atoms with Gasteiger partial charge < -0.3 is 53.0 Å². The van der Waals surface area contributed by atoms with Crippen molar-refractivity contribution in [3.05, 3.63) is 72.5 Å². The van der Waals surface area contributed by atoms with Crippen molar-refractivity contribution in [3.8, 4) is 0 Å². The Hall–Kier alpha value is -4.80. The van der Waals surface area contributed by atoms with E-state index in [9.17, 15) is 24.0 Å². The summed E-state index contributed by atoms with van der Waals surface area (Å²) in [6, 6.07) is 9.83. The van der Waals surface area contributed by atoms with E-state index >= 15 is 0 Å². The topological polar surface area (TPSA) is 180 Å². The average molecular weight is 797 g/mol. The minimum Gasteiger partial charge on any atom is -0.460 e. The molecule has 17 heteroatoms. The summed E-state index contributed by atoms with van der Waals surface area (Å²) in [6.45, 7) is 17.9. The number of likely N-dealkylation sites (N-methyl/N-ethyl adjacent to an activating group) is 2. The Morgan fingerprint density at radius 1 is 0.709 bits per heavy atom. The first-order chi connectivity index (χ1) is 26.5. The molecule has 2 saturated heterocycles. The number of ether oxygens (including phenoxy) is 2. The molecule has 2 aliphatic heterocycles. The van der Waals surface area contributed by atoms with E-state index in [2.05, 4.69) is 52.2 Å². The van der Waals surface area contributed by atoms with E-state index in [1.807, 2.05) is 14.0 Å². The summed E-state index contributed by atoms with van der Waals surface area (Å²) in [5.41, 5.74) is 0. The Morgan fingerprint density at radius 2 is 1.13 bits per heavy atom. The highest BCUT2D eigenvalue weighted by atomic mass is 35.5. The second-order valence-corrected chi connectivity index (χ2v) is 11.9. The fourth-order valence-electron chi connectivity index (χ4n) is 4.35. The molecule has 0 saturated carbocycles. The monoisotopic (exact) mass is 796 g/mol. The molecule has 16 nitrogen and oxygen atoms in total. The number of nitrogens with one attached hydrogen (secondary N) is 2. The molecule has 0 spiro atoms. The highest BCUT2D eigenvalue weighted by molar-refractivity contribution is 6.67. The number of carbonyl (C=O) groups is 5. The number of nitrogens with zero attached hydrogens (tertiary/aromatic N) is 4. The average Bonchev–Trinajstić information content (AvgIpc) is 4.04. The zero-order chi connectivity index (χ0) is 41.4. The lowest BCUT2D eigenvalue weighted by Crippen LogP contribution is -2.50. The predicted molar refractivity (Wildman–Crippen MR) is 210 cm³/mol. The van der Waals surface area contributed by atoms with Crippen LogP contribution in [0.4, 0.5) is 9.59 Å². The Morgan fingerprint density at radius 3 is 1.49 bits per heavy atom. The van der Waals surface area contributed by atoms with Crippen molar-refractivity contribution in [1.29, 1.82) is 0 Å². The van der Waals surface area contributed by atoms with Crippen LogP contribution in [0.1, 0.15) is 79.1 Å². The number of halogens is 1. The fraction of sp³-hybridized carbons (Fsp3) is 0.553. The summed E-state index contributed by atoms with van der Waals surface area (Å²) in [6.07, 6.45) is 6.31. The van der Waals surface area contributed by atoms with Gasteiger partial charge in [0, 0.05) is 72.0 Å². The Kier molecular flexibility index (Phi) is 28.8. The van der Waals surface area contributed by atoms with Crippen LogP contribution in [-0.4, -0.2) is 142 Å². The number of methoxy groups -OCH3 is 2. The molecule has 0 aliphatic carbocycles. The van der Waals surface area contributed by atoms with E-state index < -0.39 is 5.24 Å². The first-order valence-electron chi connectivity index (χ1n) is 18.4. The molecule has 310 valence electrons. The van der Waals surface area contributed by atoms with Crippen molar-refractivity contribution in [2.24, 2.45) is 0 Å². The Labute approximate surface area is 330 Å². The van der Waals surface area contributed by atoms with Gasteiger partial charge in [0.1, 0.15) is 0 Å². The van der Waals surface area contributed by atoms with Gasteiger partial charge in [0.05, 0.1) is 33.0 Å². The van der Waals surface area contributed by atoms with Crippen molar-refractivity contribution >= 4 is 40.8 Å². The van der Waals surface area contributed by atoms with Gasteiger partial charge >= 0.3 is 12.2 Å². The van der Waals surface area contributed by atoms with Crippen molar-refractivity contribution in [3.63, 3.8) is 0 Å². The number of rotatable bonds is 7. The molecule has 0 atom stereocenters. The van der Waals surface area contributed by atoms with Crippen LogP contribution in [0.15, 0.2) is 68.4 Å². The maximum Gasteiger partial charge on any atom is 0.409 e. The number of piperazine rings is 2. The summed E-state index contributed by atoms with van der Waals surface area (Å²) in [7, 11) is 4.62. The van der Waals surface area contributed by atoms with Crippen LogP contribution < -0.4 is 10.6 Å². The zero-order valence-electron chi connectivity index (χ0n) is 33.6. The Balaban J connectivity index is 0.000000694.